The molecule has 6 N–H and O–H groups in total. The molecule has 1 fully saturated rings. The summed E-state index contributed by atoms with van der Waals surface area (Å²) in [4.78, 5) is 12.1. The van der Waals surface area contributed by atoms with Crippen molar-refractivity contribution < 1.29 is 20.1 Å². The van der Waals surface area contributed by atoms with Crippen molar-refractivity contribution in [2.24, 2.45) is 11.1 Å². The van der Waals surface area contributed by atoms with E-state index in [1.54, 1.807) is 0 Å². The number of amides is 1. The summed E-state index contributed by atoms with van der Waals surface area (Å²) in [6.45, 7) is -1.03. The van der Waals surface area contributed by atoms with Gasteiger partial charge < -0.3 is 26.4 Å². The van der Waals surface area contributed by atoms with Crippen molar-refractivity contribution in [2.75, 3.05) is 26.4 Å². The van der Waals surface area contributed by atoms with E-state index in [2.05, 4.69) is 5.32 Å². The summed E-state index contributed by atoms with van der Waals surface area (Å²) in [6, 6.07) is 0. The van der Waals surface area contributed by atoms with Crippen LogP contribution in [0.4, 0.5) is 0 Å². The fourth-order valence-corrected chi connectivity index (χ4v) is 2.70. The molecule has 0 radical (unpaired) electrons. The third-order valence-corrected chi connectivity index (χ3v) is 4.20. The number of carbonyl (C=O) groups excluding carboxylic acids is 1. The van der Waals surface area contributed by atoms with E-state index in [1.165, 1.54) is 6.42 Å². The lowest BCUT2D eigenvalue weighted by molar-refractivity contribution is -0.128. The van der Waals surface area contributed by atoms with Gasteiger partial charge in [0, 0.05) is 6.42 Å². The fraction of sp³-hybridized carbons (Fsp3) is 0.923. The smallest absolute Gasteiger partial charge is 0.221 e. The van der Waals surface area contributed by atoms with Gasteiger partial charge in [-0.2, -0.15) is 0 Å². The molecule has 0 aromatic carbocycles. The number of hydrogen-bond acceptors (Lipinski definition) is 5. The van der Waals surface area contributed by atoms with Crippen LogP contribution in [0, 0.1) is 5.41 Å². The maximum absolute atomic E-state index is 12.1. The van der Waals surface area contributed by atoms with Crippen LogP contribution in [0.2, 0.25) is 0 Å². The summed E-state index contributed by atoms with van der Waals surface area (Å²) in [6.07, 6.45) is 5.48. The minimum atomic E-state index is -1.35. The van der Waals surface area contributed by atoms with Crippen molar-refractivity contribution in [3.05, 3.63) is 0 Å². The molecule has 0 saturated heterocycles. The Labute approximate surface area is 114 Å². The van der Waals surface area contributed by atoms with Gasteiger partial charge in [-0.1, -0.05) is 19.3 Å². The molecule has 0 aliphatic heterocycles. The van der Waals surface area contributed by atoms with Gasteiger partial charge in [-0.25, -0.2) is 0 Å². The van der Waals surface area contributed by atoms with E-state index < -0.39 is 25.4 Å². The predicted octanol–water partition coefficient (Wildman–Crippen LogP) is -0.882. The molecule has 0 aromatic rings. The highest BCUT2D eigenvalue weighted by atomic mass is 16.3. The van der Waals surface area contributed by atoms with Crippen LogP contribution >= 0.6 is 0 Å². The van der Waals surface area contributed by atoms with Gasteiger partial charge >= 0.3 is 0 Å². The van der Waals surface area contributed by atoms with E-state index in [4.69, 9.17) is 5.73 Å². The Kier molecular flexibility index (Phi) is 6.19. The number of hydrogen-bond donors (Lipinski definition) is 5. The van der Waals surface area contributed by atoms with Crippen molar-refractivity contribution >= 4 is 5.91 Å². The normalized spacial score (nSPS) is 19.2. The Morgan fingerprint density at radius 1 is 1.11 bits per heavy atom. The lowest BCUT2D eigenvalue weighted by Crippen LogP contribution is -2.58. The zero-order valence-corrected chi connectivity index (χ0v) is 11.4. The Morgan fingerprint density at radius 2 is 1.63 bits per heavy atom. The van der Waals surface area contributed by atoms with Crippen molar-refractivity contribution in [1.82, 2.24) is 5.32 Å². The van der Waals surface area contributed by atoms with E-state index in [-0.39, 0.29) is 17.7 Å². The zero-order chi connectivity index (χ0) is 14.4. The zero-order valence-electron chi connectivity index (χ0n) is 11.4. The molecule has 1 rings (SSSR count). The van der Waals surface area contributed by atoms with Crippen LogP contribution in [-0.2, 0) is 4.79 Å². The monoisotopic (exact) mass is 274 g/mol. The second kappa shape index (κ2) is 7.19. The summed E-state index contributed by atoms with van der Waals surface area (Å²) in [5.41, 5.74) is 4.30. The summed E-state index contributed by atoms with van der Waals surface area (Å²) < 4.78 is 0. The molecule has 0 unspecified atom stereocenters. The highest BCUT2D eigenvalue weighted by Crippen LogP contribution is 2.38. The van der Waals surface area contributed by atoms with Gasteiger partial charge in [-0.05, 0) is 24.8 Å². The Bertz CT molecular complexity index is 278. The molecule has 1 saturated carbocycles. The molecule has 0 spiro atoms. The number of nitrogens with two attached hydrogens (primary N) is 1. The third-order valence-electron chi connectivity index (χ3n) is 4.20. The van der Waals surface area contributed by atoms with E-state index in [9.17, 15) is 20.1 Å². The van der Waals surface area contributed by atoms with Crippen LogP contribution in [0.15, 0.2) is 0 Å². The molecule has 1 aliphatic rings. The minimum Gasteiger partial charge on any atom is -0.394 e. The minimum absolute atomic E-state index is 0.172. The quantitative estimate of drug-likeness (QED) is 0.413. The lowest BCUT2D eigenvalue weighted by atomic mass is 9.71. The van der Waals surface area contributed by atoms with Gasteiger partial charge in [0.2, 0.25) is 5.91 Å². The number of aliphatic hydroxyl groups is 3. The average Bonchev–Trinajstić information content (AvgIpc) is 2.46. The molecule has 1 aliphatic carbocycles. The highest BCUT2D eigenvalue weighted by Gasteiger charge is 2.36. The highest BCUT2D eigenvalue weighted by molar-refractivity contribution is 5.77. The van der Waals surface area contributed by atoms with Crippen molar-refractivity contribution in [3.63, 3.8) is 0 Å². The second-order valence-corrected chi connectivity index (χ2v) is 5.74. The number of nitrogens with one attached hydrogen (secondary N) is 1. The van der Waals surface area contributed by atoms with Crippen molar-refractivity contribution in [1.29, 1.82) is 0 Å². The Morgan fingerprint density at radius 3 is 2.05 bits per heavy atom. The summed E-state index contributed by atoms with van der Waals surface area (Å²) in [5.74, 6) is -0.274. The second-order valence-electron chi connectivity index (χ2n) is 5.74. The molecule has 6 heteroatoms. The Balaban J connectivity index is 2.62. The molecular formula is C13H26N2O4. The molecule has 0 atom stereocenters. The number of aliphatic hydroxyl groups excluding tert-OH is 3. The van der Waals surface area contributed by atoms with Gasteiger partial charge in [-0.3, -0.25) is 4.79 Å². The third kappa shape index (κ3) is 4.14. The molecule has 0 bridgehead atoms. The Hall–Kier alpha value is -0.690. The van der Waals surface area contributed by atoms with Crippen molar-refractivity contribution in [3.8, 4) is 0 Å². The maximum Gasteiger partial charge on any atom is 0.221 e. The van der Waals surface area contributed by atoms with Crippen LogP contribution in [-0.4, -0.2) is 53.1 Å². The first-order valence-electron chi connectivity index (χ1n) is 6.89. The summed E-state index contributed by atoms with van der Waals surface area (Å²) in [7, 11) is 0. The van der Waals surface area contributed by atoms with Gasteiger partial charge in [0.05, 0.1) is 19.8 Å². The van der Waals surface area contributed by atoms with E-state index in [0.717, 1.165) is 25.7 Å². The maximum atomic E-state index is 12.1. The van der Waals surface area contributed by atoms with Gasteiger partial charge in [-0.15, -0.1) is 0 Å². The summed E-state index contributed by atoms with van der Waals surface area (Å²) >= 11 is 0. The average molecular weight is 274 g/mol. The van der Waals surface area contributed by atoms with Crippen LogP contribution in [0.3, 0.4) is 0 Å². The van der Waals surface area contributed by atoms with Crippen LogP contribution in [0.1, 0.15) is 38.5 Å². The summed E-state index contributed by atoms with van der Waals surface area (Å²) in [5, 5.41) is 30.1. The molecule has 0 heterocycles. The van der Waals surface area contributed by atoms with Gasteiger partial charge in [0.25, 0.3) is 0 Å². The van der Waals surface area contributed by atoms with Crippen molar-refractivity contribution in [2.45, 2.75) is 44.1 Å². The topological polar surface area (TPSA) is 116 Å². The molecule has 19 heavy (non-hydrogen) atoms. The largest absolute Gasteiger partial charge is 0.394 e. The molecule has 6 nitrogen and oxygen atoms in total. The lowest BCUT2D eigenvalue weighted by Gasteiger charge is -2.37. The van der Waals surface area contributed by atoms with Gasteiger partial charge in [0.1, 0.15) is 5.54 Å². The predicted molar refractivity (Wildman–Crippen MR) is 71.3 cm³/mol. The SMILES string of the molecule is NCC1(CC(=O)NC(CO)(CO)CO)CCCCC1. The first-order chi connectivity index (χ1) is 9.05. The van der Waals surface area contributed by atoms with Gasteiger partial charge in [0.15, 0.2) is 0 Å². The fourth-order valence-electron chi connectivity index (χ4n) is 2.70. The molecule has 112 valence electrons. The number of rotatable bonds is 7. The van der Waals surface area contributed by atoms with Crippen LogP contribution in [0.5, 0.6) is 0 Å². The van der Waals surface area contributed by atoms with E-state index in [1.807, 2.05) is 0 Å². The van der Waals surface area contributed by atoms with Crippen LogP contribution < -0.4 is 11.1 Å². The van der Waals surface area contributed by atoms with E-state index in [0.29, 0.717) is 6.54 Å². The number of carbonyl (C=O) groups is 1. The van der Waals surface area contributed by atoms with Crippen LogP contribution in [0.25, 0.3) is 0 Å². The first kappa shape index (κ1) is 16.4. The first-order valence-corrected chi connectivity index (χ1v) is 6.89. The standard InChI is InChI=1S/C13H26N2O4/c14-7-12(4-2-1-3-5-12)6-11(19)15-13(8-16,9-17)10-18/h16-18H,1-10,14H2,(H,15,19). The molecule has 1 amide bonds. The molecule has 0 aromatic heterocycles. The van der Waals surface area contributed by atoms with E-state index >= 15 is 0 Å². The molecular weight excluding hydrogens is 248 g/mol.